The fourth-order valence-electron chi connectivity index (χ4n) is 3.74. The minimum absolute atomic E-state index is 0.102. The standard InChI is InChI=1S/C22H26N2O5/c1-3-12-24-20(26)17-11-10-15(13-18(17)21(24)27)22(28)29-14(2)19(25)23-16-8-6-4-5-7-9-16/h3,10-11,13-14,16H,1,4-9,12H2,2H3,(H,23,25)/t14-/m0/s1. The number of amides is 3. The van der Waals surface area contributed by atoms with E-state index in [0.717, 1.165) is 30.6 Å². The molecule has 0 spiro atoms. The molecule has 3 rings (SSSR count). The van der Waals surface area contributed by atoms with Crippen LogP contribution in [0.4, 0.5) is 0 Å². The molecule has 1 aliphatic heterocycles. The zero-order chi connectivity index (χ0) is 21.0. The van der Waals surface area contributed by atoms with Crippen molar-refractivity contribution >= 4 is 23.7 Å². The Morgan fingerprint density at radius 1 is 1.17 bits per heavy atom. The minimum Gasteiger partial charge on any atom is -0.449 e. The van der Waals surface area contributed by atoms with Crippen molar-refractivity contribution in [1.82, 2.24) is 10.2 Å². The van der Waals surface area contributed by atoms with Crippen LogP contribution in [0.25, 0.3) is 0 Å². The molecule has 2 aliphatic rings. The average molecular weight is 398 g/mol. The molecule has 7 nitrogen and oxygen atoms in total. The summed E-state index contributed by atoms with van der Waals surface area (Å²) in [6.07, 6.45) is 6.93. The van der Waals surface area contributed by atoms with Crippen LogP contribution in [0.1, 0.15) is 76.5 Å². The summed E-state index contributed by atoms with van der Waals surface area (Å²) >= 11 is 0. The number of nitrogens with zero attached hydrogens (tertiary/aromatic N) is 1. The van der Waals surface area contributed by atoms with Gasteiger partial charge in [-0.15, -0.1) is 6.58 Å². The van der Waals surface area contributed by atoms with Gasteiger partial charge in [-0.1, -0.05) is 31.8 Å². The maximum absolute atomic E-state index is 12.5. The van der Waals surface area contributed by atoms with Crippen LogP contribution in [0.5, 0.6) is 0 Å². The Morgan fingerprint density at radius 3 is 2.48 bits per heavy atom. The van der Waals surface area contributed by atoms with E-state index in [-0.39, 0.29) is 35.2 Å². The molecule has 1 fully saturated rings. The first-order valence-electron chi connectivity index (χ1n) is 10.0. The number of rotatable bonds is 6. The number of carbonyl (C=O) groups excluding carboxylic acids is 4. The maximum Gasteiger partial charge on any atom is 0.338 e. The molecule has 1 aromatic rings. The lowest BCUT2D eigenvalue weighted by Crippen LogP contribution is -2.41. The number of ether oxygens (including phenoxy) is 1. The van der Waals surface area contributed by atoms with Crippen molar-refractivity contribution < 1.29 is 23.9 Å². The molecule has 0 unspecified atom stereocenters. The van der Waals surface area contributed by atoms with Crippen LogP contribution in [0, 0.1) is 0 Å². The van der Waals surface area contributed by atoms with E-state index >= 15 is 0 Å². The molecule has 1 aliphatic carbocycles. The van der Waals surface area contributed by atoms with E-state index in [1.54, 1.807) is 0 Å². The molecule has 154 valence electrons. The van der Waals surface area contributed by atoms with Gasteiger partial charge in [0.2, 0.25) is 0 Å². The highest BCUT2D eigenvalue weighted by Crippen LogP contribution is 2.24. The molecule has 1 atom stereocenters. The quantitative estimate of drug-likeness (QED) is 0.344. The highest BCUT2D eigenvalue weighted by Gasteiger charge is 2.35. The lowest BCUT2D eigenvalue weighted by atomic mass is 10.1. The second-order valence-electron chi connectivity index (χ2n) is 7.51. The number of fused-ring (bicyclic) bond motifs is 1. The summed E-state index contributed by atoms with van der Waals surface area (Å²) in [5.74, 6) is -1.92. The number of esters is 1. The monoisotopic (exact) mass is 398 g/mol. The van der Waals surface area contributed by atoms with Crippen molar-refractivity contribution in [3.05, 3.63) is 47.5 Å². The van der Waals surface area contributed by atoms with Crippen molar-refractivity contribution in [3.63, 3.8) is 0 Å². The Balaban J connectivity index is 1.64. The predicted octanol–water partition coefficient (Wildman–Crippen LogP) is 2.85. The summed E-state index contributed by atoms with van der Waals surface area (Å²) in [4.78, 5) is 50.6. The molecule has 1 saturated carbocycles. The number of imide groups is 1. The normalized spacial score (nSPS) is 18.0. The van der Waals surface area contributed by atoms with Crippen LogP contribution in [-0.2, 0) is 9.53 Å². The smallest absolute Gasteiger partial charge is 0.338 e. The van der Waals surface area contributed by atoms with Gasteiger partial charge in [-0.3, -0.25) is 19.3 Å². The van der Waals surface area contributed by atoms with E-state index in [4.69, 9.17) is 4.74 Å². The SMILES string of the molecule is C=CCN1C(=O)c2ccc(C(=O)O[C@@H](C)C(=O)NC3CCCCCC3)cc2C1=O. The lowest BCUT2D eigenvalue weighted by molar-refractivity contribution is -0.129. The fourth-order valence-corrected chi connectivity index (χ4v) is 3.74. The molecule has 7 heteroatoms. The zero-order valence-electron chi connectivity index (χ0n) is 16.6. The molecule has 0 radical (unpaired) electrons. The van der Waals surface area contributed by atoms with E-state index in [9.17, 15) is 19.2 Å². The van der Waals surface area contributed by atoms with Crippen molar-refractivity contribution in [3.8, 4) is 0 Å². The summed E-state index contributed by atoms with van der Waals surface area (Å²) in [5.41, 5.74) is 0.522. The summed E-state index contributed by atoms with van der Waals surface area (Å²) in [7, 11) is 0. The van der Waals surface area contributed by atoms with E-state index in [2.05, 4.69) is 11.9 Å². The fraction of sp³-hybridized carbons (Fsp3) is 0.455. The molecule has 1 aromatic carbocycles. The van der Waals surface area contributed by atoms with Crippen molar-refractivity contribution in [1.29, 1.82) is 0 Å². The molecule has 29 heavy (non-hydrogen) atoms. The van der Waals surface area contributed by atoms with Gasteiger partial charge in [0.1, 0.15) is 0 Å². The van der Waals surface area contributed by atoms with Gasteiger partial charge in [-0.25, -0.2) is 4.79 Å². The summed E-state index contributed by atoms with van der Waals surface area (Å²) in [6.45, 7) is 5.17. The molecule has 0 bridgehead atoms. The maximum atomic E-state index is 12.5. The van der Waals surface area contributed by atoms with Gasteiger partial charge in [0.05, 0.1) is 16.7 Å². The Morgan fingerprint density at radius 2 is 1.83 bits per heavy atom. The molecular weight excluding hydrogens is 372 g/mol. The molecular formula is C22H26N2O5. The summed E-state index contributed by atoms with van der Waals surface area (Å²) in [5, 5.41) is 2.96. The largest absolute Gasteiger partial charge is 0.449 e. The third kappa shape index (κ3) is 4.55. The van der Waals surface area contributed by atoms with E-state index < -0.39 is 23.9 Å². The number of benzene rings is 1. The van der Waals surface area contributed by atoms with Crippen LogP contribution >= 0.6 is 0 Å². The van der Waals surface area contributed by atoms with Gasteiger partial charge in [-0.05, 0) is 38.0 Å². The highest BCUT2D eigenvalue weighted by molar-refractivity contribution is 6.22. The third-order valence-electron chi connectivity index (χ3n) is 5.37. The highest BCUT2D eigenvalue weighted by atomic mass is 16.5. The van der Waals surface area contributed by atoms with Crippen LogP contribution < -0.4 is 5.32 Å². The molecule has 3 amide bonds. The Labute approximate surface area is 170 Å². The van der Waals surface area contributed by atoms with Gasteiger partial charge >= 0.3 is 5.97 Å². The lowest BCUT2D eigenvalue weighted by Gasteiger charge is -2.19. The number of nitrogens with one attached hydrogen (secondary N) is 1. The molecule has 1 N–H and O–H groups in total. The van der Waals surface area contributed by atoms with E-state index in [1.807, 2.05) is 0 Å². The Bertz CT molecular complexity index is 840. The first-order valence-corrected chi connectivity index (χ1v) is 10.0. The van der Waals surface area contributed by atoms with Crippen LogP contribution in [0.15, 0.2) is 30.9 Å². The van der Waals surface area contributed by atoms with Gasteiger partial charge < -0.3 is 10.1 Å². The Kier molecular flexibility index (Phi) is 6.46. The topological polar surface area (TPSA) is 92.8 Å². The third-order valence-corrected chi connectivity index (χ3v) is 5.37. The van der Waals surface area contributed by atoms with Gasteiger partial charge in [-0.2, -0.15) is 0 Å². The number of hydrogen-bond donors (Lipinski definition) is 1. The summed E-state index contributed by atoms with van der Waals surface area (Å²) < 4.78 is 5.29. The second-order valence-corrected chi connectivity index (χ2v) is 7.51. The predicted molar refractivity (Wildman–Crippen MR) is 107 cm³/mol. The summed E-state index contributed by atoms with van der Waals surface area (Å²) in [6, 6.07) is 4.33. The second kappa shape index (κ2) is 9.03. The first kappa shape index (κ1) is 20.8. The average Bonchev–Trinajstić information content (AvgIpc) is 2.89. The van der Waals surface area contributed by atoms with Gasteiger partial charge in [0, 0.05) is 12.6 Å². The van der Waals surface area contributed by atoms with Crippen LogP contribution in [-0.4, -0.2) is 47.3 Å². The molecule has 0 saturated heterocycles. The number of hydrogen-bond acceptors (Lipinski definition) is 5. The van der Waals surface area contributed by atoms with Crippen molar-refractivity contribution in [2.24, 2.45) is 0 Å². The van der Waals surface area contributed by atoms with Gasteiger partial charge in [0.15, 0.2) is 6.10 Å². The van der Waals surface area contributed by atoms with Crippen LogP contribution in [0.3, 0.4) is 0 Å². The van der Waals surface area contributed by atoms with Crippen molar-refractivity contribution in [2.75, 3.05) is 6.54 Å². The van der Waals surface area contributed by atoms with Crippen LogP contribution in [0.2, 0.25) is 0 Å². The van der Waals surface area contributed by atoms with Gasteiger partial charge in [0.25, 0.3) is 17.7 Å². The Hall–Kier alpha value is -2.96. The first-order chi connectivity index (χ1) is 13.9. The zero-order valence-corrected chi connectivity index (χ0v) is 16.6. The van der Waals surface area contributed by atoms with Crippen molar-refractivity contribution in [2.45, 2.75) is 57.6 Å². The molecule has 1 heterocycles. The van der Waals surface area contributed by atoms with E-state index in [0.29, 0.717) is 0 Å². The van der Waals surface area contributed by atoms with E-state index in [1.165, 1.54) is 44.0 Å². The number of carbonyl (C=O) groups is 4. The molecule has 0 aromatic heterocycles. The minimum atomic E-state index is -0.950.